The summed E-state index contributed by atoms with van der Waals surface area (Å²) < 4.78 is 21.0. The second kappa shape index (κ2) is 11.9. The van der Waals surface area contributed by atoms with Crippen LogP contribution in [-0.4, -0.2) is 39.7 Å². The van der Waals surface area contributed by atoms with Crippen LogP contribution in [-0.2, 0) is 11.2 Å². The molecule has 1 aromatic heterocycles. The van der Waals surface area contributed by atoms with E-state index in [1.54, 1.807) is 36.4 Å². The highest BCUT2D eigenvalue weighted by Crippen LogP contribution is 2.33. The number of carbonyl (C=O) groups is 3. The van der Waals surface area contributed by atoms with Crippen molar-refractivity contribution in [2.45, 2.75) is 19.4 Å². The van der Waals surface area contributed by atoms with E-state index in [0.717, 1.165) is 22.9 Å². The number of halogens is 2. The molecular formula is C29H23ClFN3O6. The molecule has 0 fully saturated rings. The zero-order valence-electron chi connectivity index (χ0n) is 21.4. The molecule has 2 N–H and O–H groups in total. The number of carbonyl (C=O) groups excluding carboxylic acids is 2. The first-order chi connectivity index (χ1) is 19.1. The number of nitrogens with one attached hydrogen (secondary N) is 1. The summed E-state index contributed by atoms with van der Waals surface area (Å²) in [5.74, 6) is -3.38. The number of rotatable bonds is 9. The smallest absolute Gasteiger partial charge is 0.335 e. The number of carboxylic acids is 1. The van der Waals surface area contributed by atoms with Gasteiger partial charge < -0.3 is 15.2 Å². The van der Waals surface area contributed by atoms with Crippen LogP contribution < -0.4 is 15.6 Å². The highest BCUT2D eigenvalue weighted by molar-refractivity contribution is 6.31. The number of hydrogen-bond donors (Lipinski definition) is 2. The molecule has 1 heterocycles. The van der Waals surface area contributed by atoms with Crippen LogP contribution >= 0.6 is 11.6 Å². The molecule has 1 unspecified atom stereocenters. The molecule has 1 atom stereocenters. The lowest BCUT2D eigenvalue weighted by Crippen LogP contribution is -2.36. The minimum absolute atomic E-state index is 0.00672. The lowest BCUT2D eigenvalue weighted by Gasteiger charge is -2.21. The van der Waals surface area contributed by atoms with Crippen molar-refractivity contribution < 1.29 is 28.6 Å². The van der Waals surface area contributed by atoms with Crippen molar-refractivity contribution in [2.24, 2.45) is 0 Å². The Kier molecular flexibility index (Phi) is 8.40. The topological polar surface area (TPSA) is 128 Å². The van der Waals surface area contributed by atoms with Crippen molar-refractivity contribution in [3.63, 3.8) is 0 Å². The second-order valence-electron chi connectivity index (χ2n) is 8.79. The molecule has 0 aliphatic rings. The van der Waals surface area contributed by atoms with Crippen LogP contribution in [0.3, 0.4) is 0 Å². The third-order valence-corrected chi connectivity index (χ3v) is 6.35. The van der Waals surface area contributed by atoms with E-state index in [0.29, 0.717) is 21.7 Å². The maximum Gasteiger partial charge on any atom is 0.335 e. The Morgan fingerprint density at radius 2 is 1.77 bits per heavy atom. The van der Waals surface area contributed by atoms with E-state index in [4.69, 9.17) is 21.4 Å². The van der Waals surface area contributed by atoms with Gasteiger partial charge in [0.05, 0.1) is 23.9 Å². The standard InChI is InChI=1S/C29H23ClFN3O6/c1-16(35)20-10-9-19(30)14-21(20)22-15-26(36)34(33-28(22)40-2)25(12-17-6-4-3-5-7-17)27(37)32-24-11-8-18(29(38)39)13-23(24)31/h3-11,13-15,25H,12H2,1-2H3,(H,32,37)(H,38,39). The maximum absolute atomic E-state index is 14.6. The van der Waals surface area contributed by atoms with Gasteiger partial charge in [0.2, 0.25) is 11.8 Å². The van der Waals surface area contributed by atoms with E-state index in [-0.39, 0.29) is 34.9 Å². The Morgan fingerprint density at radius 1 is 1.05 bits per heavy atom. The Hall–Kier alpha value is -4.83. The fourth-order valence-electron chi connectivity index (χ4n) is 4.16. The number of amides is 1. The van der Waals surface area contributed by atoms with E-state index in [2.05, 4.69) is 10.4 Å². The Bertz CT molecular complexity index is 1670. The first-order valence-electron chi connectivity index (χ1n) is 12.0. The van der Waals surface area contributed by atoms with Crippen molar-refractivity contribution in [3.8, 4) is 17.0 Å². The zero-order valence-corrected chi connectivity index (χ0v) is 22.1. The number of aromatic nitrogens is 2. The first kappa shape index (κ1) is 28.2. The molecule has 0 spiro atoms. The van der Waals surface area contributed by atoms with E-state index >= 15 is 0 Å². The van der Waals surface area contributed by atoms with Crippen LogP contribution in [0.2, 0.25) is 5.02 Å². The predicted octanol–water partition coefficient (Wildman–Crippen LogP) is 5.03. The highest BCUT2D eigenvalue weighted by atomic mass is 35.5. The molecular weight excluding hydrogens is 541 g/mol. The Morgan fingerprint density at radius 3 is 2.40 bits per heavy atom. The molecule has 0 radical (unpaired) electrons. The quantitative estimate of drug-likeness (QED) is 0.273. The van der Waals surface area contributed by atoms with Crippen LogP contribution in [0.5, 0.6) is 5.88 Å². The van der Waals surface area contributed by atoms with Crippen molar-refractivity contribution in [3.05, 3.63) is 111 Å². The van der Waals surface area contributed by atoms with Crippen molar-refractivity contribution >= 4 is 34.9 Å². The number of hydrogen-bond acceptors (Lipinski definition) is 6. The molecule has 0 saturated heterocycles. The number of nitrogens with zero attached hydrogens (tertiary/aromatic N) is 2. The predicted molar refractivity (Wildman–Crippen MR) is 147 cm³/mol. The molecule has 4 rings (SSSR count). The third-order valence-electron chi connectivity index (χ3n) is 6.11. The Labute approximate surface area is 232 Å². The molecule has 1 amide bonds. The summed E-state index contributed by atoms with van der Waals surface area (Å²) in [5, 5.41) is 16.2. The summed E-state index contributed by atoms with van der Waals surface area (Å²) in [6, 6.07) is 16.4. The van der Waals surface area contributed by atoms with Gasteiger partial charge in [-0.2, -0.15) is 0 Å². The van der Waals surface area contributed by atoms with Gasteiger partial charge in [-0.1, -0.05) is 41.9 Å². The number of ketones is 1. The fraction of sp³-hybridized carbons (Fsp3) is 0.138. The number of Topliss-reactive ketones (excluding diaryl/α,β-unsaturated/α-hetero) is 1. The molecule has 0 saturated carbocycles. The lowest BCUT2D eigenvalue weighted by molar-refractivity contribution is -0.119. The number of benzene rings is 3. The molecule has 0 bridgehead atoms. The van der Waals surface area contributed by atoms with E-state index < -0.39 is 29.3 Å². The van der Waals surface area contributed by atoms with Gasteiger partial charge >= 0.3 is 5.97 Å². The summed E-state index contributed by atoms with van der Waals surface area (Å²) in [6.45, 7) is 1.37. The summed E-state index contributed by atoms with van der Waals surface area (Å²) in [4.78, 5) is 50.3. The second-order valence-corrected chi connectivity index (χ2v) is 9.23. The van der Waals surface area contributed by atoms with Crippen molar-refractivity contribution in [2.75, 3.05) is 12.4 Å². The first-order valence-corrected chi connectivity index (χ1v) is 12.3. The molecule has 9 nitrogen and oxygen atoms in total. The summed E-state index contributed by atoms with van der Waals surface area (Å²) in [5.41, 5.74) is 0.262. The van der Waals surface area contributed by atoms with Gasteiger partial charge in [-0.3, -0.25) is 14.4 Å². The van der Waals surface area contributed by atoms with Crippen LogP contribution in [0.15, 0.2) is 77.6 Å². The zero-order chi connectivity index (χ0) is 29.0. The minimum atomic E-state index is -1.32. The summed E-state index contributed by atoms with van der Waals surface area (Å²) in [7, 11) is 1.32. The van der Waals surface area contributed by atoms with Crippen molar-refractivity contribution in [1.29, 1.82) is 0 Å². The molecule has 0 aliphatic carbocycles. The lowest BCUT2D eigenvalue weighted by atomic mass is 9.98. The highest BCUT2D eigenvalue weighted by Gasteiger charge is 2.27. The van der Waals surface area contributed by atoms with Gasteiger partial charge in [-0.15, -0.1) is 5.10 Å². The van der Waals surface area contributed by atoms with Crippen LogP contribution in [0.4, 0.5) is 10.1 Å². The minimum Gasteiger partial charge on any atom is -0.480 e. The van der Waals surface area contributed by atoms with E-state index in [1.807, 2.05) is 0 Å². The van der Waals surface area contributed by atoms with Gasteiger partial charge in [-0.25, -0.2) is 13.9 Å². The number of anilines is 1. The van der Waals surface area contributed by atoms with Crippen molar-refractivity contribution in [1.82, 2.24) is 9.78 Å². The van der Waals surface area contributed by atoms with Gasteiger partial charge in [0.15, 0.2) is 5.78 Å². The summed E-state index contributed by atoms with van der Waals surface area (Å²) >= 11 is 6.17. The Balaban J connectivity index is 1.81. The average Bonchev–Trinajstić information content (AvgIpc) is 2.93. The SMILES string of the molecule is COc1nn(C(Cc2ccccc2)C(=O)Nc2ccc(C(=O)O)cc2F)c(=O)cc1-c1cc(Cl)ccc1C(C)=O. The summed E-state index contributed by atoms with van der Waals surface area (Å²) in [6.07, 6.45) is 0.00672. The normalized spacial score (nSPS) is 11.5. The van der Waals surface area contributed by atoms with E-state index in [9.17, 15) is 23.6 Å². The maximum atomic E-state index is 14.6. The average molecular weight is 564 g/mol. The number of carboxylic acid groups (broad SMARTS) is 1. The van der Waals surface area contributed by atoms with Crippen LogP contribution in [0.25, 0.3) is 11.1 Å². The molecule has 3 aromatic carbocycles. The fourth-order valence-corrected chi connectivity index (χ4v) is 4.33. The molecule has 4 aromatic rings. The van der Waals surface area contributed by atoms with Gasteiger partial charge in [-0.05, 0) is 54.4 Å². The monoisotopic (exact) mass is 563 g/mol. The van der Waals surface area contributed by atoms with Crippen LogP contribution in [0, 0.1) is 5.82 Å². The van der Waals surface area contributed by atoms with Gasteiger partial charge in [0.25, 0.3) is 5.56 Å². The number of ether oxygens (including phenoxy) is 1. The van der Waals surface area contributed by atoms with Gasteiger partial charge in [0, 0.05) is 23.1 Å². The van der Waals surface area contributed by atoms with Crippen LogP contribution in [0.1, 0.15) is 39.2 Å². The molecule has 0 aliphatic heterocycles. The third kappa shape index (κ3) is 6.08. The number of methoxy groups -OCH3 is 1. The molecule has 204 valence electrons. The molecule has 40 heavy (non-hydrogen) atoms. The largest absolute Gasteiger partial charge is 0.480 e. The van der Waals surface area contributed by atoms with Gasteiger partial charge in [0.1, 0.15) is 11.9 Å². The van der Waals surface area contributed by atoms with E-state index in [1.165, 1.54) is 32.2 Å². The molecule has 11 heteroatoms. The number of aromatic carboxylic acids is 1.